The van der Waals surface area contributed by atoms with Crippen molar-refractivity contribution in [3.05, 3.63) is 242 Å². The molecule has 9 aromatic carbocycles. The van der Waals surface area contributed by atoms with Gasteiger partial charge in [-0.1, -0.05) is 121 Å². The highest BCUT2D eigenvalue weighted by Gasteiger charge is 2.28. The number of hydrogen-bond donors (Lipinski definition) is 0. The first-order valence-electron chi connectivity index (χ1n) is 21.6. The maximum atomic E-state index is 14.0. The molecule has 0 atom stereocenters. The molecule has 0 N–H and O–H groups in total. The number of para-hydroxylation sites is 4. The van der Waals surface area contributed by atoms with Crippen molar-refractivity contribution in [2.45, 2.75) is 13.8 Å². The number of halogens is 1. The van der Waals surface area contributed by atoms with Gasteiger partial charge in [-0.3, -0.25) is 4.90 Å². The van der Waals surface area contributed by atoms with Crippen LogP contribution in [0.3, 0.4) is 0 Å². The molecule has 0 unspecified atom stereocenters. The van der Waals surface area contributed by atoms with Crippen LogP contribution in [0.15, 0.2) is 225 Å². The minimum absolute atomic E-state index is 0.258. The second kappa shape index (κ2) is 16.2. The first kappa shape index (κ1) is 38.6. The summed E-state index contributed by atoms with van der Waals surface area (Å²) in [5.41, 5.74) is 17.6. The van der Waals surface area contributed by atoms with E-state index in [9.17, 15) is 4.39 Å². The molecule has 0 spiro atoms. The molecule has 0 bridgehead atoms. The number of aryl methyl sites for hydroxylation is 2. The SMILES string of the molecule is Cc1ccccc1N(c1ccc(-c2ccc3c(c2)N(c2ccccc2)c2cccc4c(-c5ccc(N(c6ccccc6)c6ccc(F)cc6)cc5)ccc-3c24)cn1)c1ccccc1C. The van der Waals surface area contributed by atoms with E-state index in [1.54, 1.807) is 0 Å². The summed E-state index contributed by atoms with van der Waals surface area (Å²) in [6.07, 6.45) is 2.00. The van der Waals surface area contributed by atoms with Gasteiger partial charge in [0.1, 0.15) is 11.6 Å². The first-order valence-corrected chi connectivity index (χ1v) is 21.6. The third-order valence-corrected chi connectivity index (χ3v) is 12.4. The Morgan fingerprint density at radius 1 is 0.422 bits per heavy atom. The molecule has 0 radical (unpaired) electrons. The molecular weight excluding hydrogens is 784 g/mol. The van der Waals surface area contributed by atoms with Crippen LogP contribution in [0.25, 0.3) is 44.2 Å². The number of rotatable bonds is 9. The number of nitrogens with zero attached hydrogens (tertiary/aromatic N) is 4. The highest BCUT2D eigenvalue weighted by atomic mass is 19.1. The van der Waals surface area contributed by atoms with Crippen molar-refractivity contribution in [1.82, 2.24) is 4.98 Å². The second-order valence-electron chi connectivity index (χ2n) is 16.3. The fraction of sp³-hybridized carbons (Fsp3) is 0.0339. The van der Waals surface area contributed by atoms with Crippen molar-refractivity contribution in [2.75, 3.05) is 14.7 Å². The summed E-state index contributed by atoms with van der Waals surface area (Å²) < 4.78 is 14.0. The van der Waals surface area contributed by atoms with Crippen molar-refractivity contribution < 1.29 is 4.39 Å². The van der Waals surface area contributed by atoms with Crippen LogP contribution in [0, 0.1) is 19.7 Å². The van der Waals surface area contributed by atoms with Crippen LogP contribution in [0.5, 0.6) is 0 Å². The number of aromatic nitrogens is 1. The van der Waals surface area contributed by atoms with Gasteiger partial charge < -0.3 is 9.80 Å². The van der Waals surface area contributed by atoms with Crippen molar-refractivity contribution in [2.24, 2.45) is 0 Å². The molecule has 64 heavy (non-hydrogen) atoms. The van der Waals surface area contributed by atoms with E-state index in [1.165, 1.54) is 45.2 Å². The summed E-state index contributed by atoms with van der Waals surface area (Å²) in [5.74, 6) is 0.607. The Kier molecular flexibility index (Phi) is 9.78. The largest absolute Gasteiger partial charge is 0.311 e. The summed E-state index contributed by atoms with van der Waals surface area (Å²) in [5, 5.41) is 2.40. The van der Waals surface area contributed by atoms with Gasteiger partial charge in [-0.25, -0.2) is 9.37 Å². The molecule has 4 nitrogen and oxygen atoms in total. The first-order chi connectivity index (χ1) is 31.5. The lowest BCUT2D eigenvalue weighted by Gasteiger charge is -2.34. The van der Waals surface area contributed by atoms with Crippen molar-refractivity contribution in [3.8, 4) is 33.4 Å². The minimum atomic E-state index is -0.258. The predicted molar refractivity (Wildman–Crippen MR) is 265 cm³/mol. The number of anilines is 9. The maximum Gasteiger partial charge on any atom is 0.137 e. The van der Waals surface area contributed by atoms with E-state index in [0.717, 1.165) is 73.6 Å². The van der Waals surface area contributed by atoms with E-state index in [-0.39, 0.29) is 5.82 Å². The lowest BCUT2D eigenvalue weighted by Crippen LogP contribution is -2.15. The predicted octanol–water partition coefficient (Wildman–Crippen LogP) is 16.7. The van der Waals surface area contributed by atoms with Gasteiger partial charge in [-0.05, 0) is 150 Å². The molecule has 2 heterocycles. The number of pyridine rings is 1. The van der Waals surface area contributed by atoms with Gasteiger partial charge in [0.15, 0.2) is 0 Å². The molecule has 1 aliphatic heterocycles. The third-order valence-electron chi connectivity index (χ3n) is 12.4. The van der Waals surface area contributed by atoms with Crippen molar-refractivity contribution in [3.63, 3.8) is 0 Å². The molecule has 10 aromatic rings. The highest BCUT2D eigenvalue weighted by molar-refractivity contribution is 6.17. The van der Waals surface area contributed by atoms with Crippen molar-refractivity contribution in [1.29, 1.82) is 0 Å². The Labute approximate surface area is 373 Å². The van der Waals surface area contributed by atoms with E-state index < -0.39 is 0 Å². The lowest BCUT2D eigenvalue weighted by atomic mass is 9.86. The average molecular weight is 827 g/mol. The van der Waals surface area contributed by atoms with E-state index in [1.807, 2.05) is 36.5 Å². The molecule has 0 aliphatic carbocycles. The third kappa shape index (κ3) is 6.84. The molecule has 11 rings (SSSR count). The fourth-order valence-corrected chi connectivity index (χ4v) is 9.26. The Balaban J connectivity index is 0.992. The summed E-state index contributed by atoms with van der Waals surface area (Å²) in [6.45, 7) is 4.30. The van der Waals surface area contributed by atoms with E-state index in [0.29, 0.717) is 0 Å². The van der Waals surface area contributed by atoms with E-state index in [2.05, 4.69) is 204 Å². The van der Waals surface area contributed by atoms with Crippen LogP contribution < -0.4 is 14.7 Å². The number of hydrogen-bond acceptors (Lipinski definition) is 4. The molecule has 5 heteroatoms. The van der Waals surface area contributed by atoms with Gasteiger partial charge in [-0.2, -0.15) is 0 Å². The van der Waals surface area contributed by atoms with Crippen LogP contribution in [-0.2, 0) is 0 Å². The lowest BCUT2D eigenvalue weighted by molar-refractivity contribution is 0.628. The fourth-order valence-electron chi connectivity index (χ4n) is 9.26. The Hall–Kier alpha value is -8.28. The molecule has 1 aliphatic rings. The second-order valence-corrected chi connectivity index (χ2v) is 16.3. The zero-order chi connectivity index (χ0) is 43.1. The summed E-state index contributed by atoms with van der Waals surface area (Å²) in [4.78, 5) is 11.9. The Morgan fingerprint density at radius 2 is 0.984 bits per heavy atom. The van der Waals surface area contributed by atoms with Gasteiger partial charge in [0, 0.05) is 45.5 Å². The van der Waals surface area contributed by atoms with Crippen molar-refractivity contribution >= 4 is 62.1 Å². The Bertz CT molecular complexity index is 3250. The molecule has 306 valence electrons. The minimum Gasteiger partial charge on any atom is -0.311 e. The number of benzene rings is 9. The topological polar surface area (TPSA) is 22.6 Å². The van der Waals surface area contributed by atoms with E-state index >= 15 is 0 Å². The van der Waals surface area contributed by atoms with Gasteiger partial charge in [0.05, 0.1) is 22.7 Å². The molecular formula is C59H43FN4. The summed E-state index contributed by atoms with van der Waals surface area (Å²) in [7, 11) is 0. The zero-order valence-electron chi connectivity index (χ0n) is 35.5. The van der Waals surface area contributed by atoms with Crippen LogP contribution in [0.2, 0.25) is 0 Å². The molecule has 0 saturated heterocycles. The molecule has 1 aromatic heterocycles. The summed E-state index contributed by atoms with van der Waals surface area (Å²) in [6, 6.07) is 75.5. The zero-order valence-corrected chi connectivity index (χ0v) is 35.5. The average Bonchev–Trinajstić information content (AvgIpc) is 3.34. The quantitative estimate of drug-likeness (QED) is 0.145. The standard InChI is InChI=1S/C59H43FN4/c1-40-14-9-11-21-54(40)64(55-22-12-10-15-41(55)2)58-37-27-44(39-61-58)43-26-34-51-53-36-35-50(52-20-13-23-56(59(52)53)63(57(51)38-43)47-18-7-4-8-19-47)42-24-30-48(31-25-42)62(46-16-5-3-6-17-46)49-32-28-45(60)29-33-49/h3-39H,1-2H3. The highest BCUT2D eigenvalue weighted by Crippen LogP contribution is 2.53. The van der Waals surface area contributed by atoms with Crippen LogP contribution in [0.1, 0.15) is 11.1 Å². The normalized spacial score (nSPS) is 11.6. The smallest absolute Gasteiger partial charge is 0.137 e. The van der Waals surface area contributed by atoms with Gasteiger partial charge >= 0.3 is 0 Å². The molecule has 0 amide bonds. The summed E-state index contributed by atoms with van der Waals surface area (Å²) >= 11 is 0. The monoisotopic (exact) mass is 826 g/mol. The maximum absolute atomic E-state index is 14.0. The number of fused-ring (bicyclic) bond motifs is 2. The van der Waals surface area contributed by atoms with Gasteiger partial charge in [0.2, 0.25) is 0 Å². The van der Waals surface area contributed by atoms with Crippen LogP contribution in [-0.4, -0.2) is 4.98 Å². The van der Waals surface area contributed by atoms with Crippen LogP contribution in [0.4, 0.5) is 55.7 Å². The van der Waals surface area contributed by atoms with Crippen LogP contribution >= 0.6 is 0 Å². The molecule has 0 fully saturated rings. The Morgan fingerprint density at radius 3 is 1.64 bits per heavy atom. The van der Waals surface area contributed by atoms with Gasteiger partial charge in [-0.15, -0.1) is 0 Å². The molecule has 0 saturated carbocycles. The van der Waals surface area contributed by atoms with E-state index in [4.69, 9.17) is 4.98 Å². The van der Waals surface area contributed by atoms with Gasteiger partial charge in [0.25, 0.3) is 0 Å².